The van der Waals surface area contributed by atoms with Crippen LogP contribution in [0.2, 0.25) is 0 Å². The summed E-state index contributed by atoms with van der Waals surface area (Å²) in [7, 11) is 0. The van der Waals surface area contributed by atoms with E-state index in [1.54, 1.807) is 6.92 Å². The van der Waals surface area contributed by atoms with Crippen LogP contribution in [0.4, 0.5) is 5.82 Å². The third-order valence-corrected chi connectivity index (χ3v) is 5.31. The van der Waals surface area contributed by atoms with Gasteiger partial charge in [0.15, 0.2) is 5.82 Å². The number of rotatable bonds is 2. The second-order valence-corrected chi connectivity index (χ2v) is 6.96. The maximum Gasteiger partial charge on any atom is 0.217 e. The van der Waals surface area contributed by atoms with E-state index >= 15 is 0 Å². The highest BCUT2D eigenvalue weighted by molar-refractivity contribution is 5.73. The first-order valence-corrected chi connectivity index (χ1v) is 8.73. The number of nitrogens with one attached hydrogen (secondary N) is 1. The lowest BCUT2D eigenvalue weighted by atomic mass is 9.82. The molecule has 2 aromatic rings. The molecule has 4 rings (SSSR count). The van der Waals surface area contributed by atoms with Crippen LogP contribution in [0, 0.1) is 0 Å². The molecule has 0 radical (unpaired) electrons. The monoisotopic (exact) mass is 328 g/mol. The minimum atomic E-state index is -0.0884. The van der Waals surface area contributed by atoms with E-state index in [1.807, 2.05) is 24.7 Å². The lowest BCUT2D eigenvalue weighted by molar-refractivity contribution is -0.125. The van der Waals surface area contributed by atoms with E-state index in [9.17, 15) is 4.79 Å². The standard InChI is InChI=1S/C18H24N4O2/c1-14(23)20-15-4-12-24-18(13-15)5-9-22(10-6-18)17-16-3-2-8-21(16)11-7-19-17/h2-3,7-8,11,15H,4-6,9-10,12-13H2,1H3,(H,20,23). The van der Waals surface area contributed by atoms with Gasteiger partial charge in [0.05, 0.1) is 11.1 Å². The predicted molar refractivity (Wildman–Crippen MR) is 92.2 cm³/mol. The van der Waals surface area contributed by atoms with Crippen molar-refractivity contribution in [1.82, 2.24) is 14.7 Å². The molecule has 1 unspecified atom stereocenters. The molecule has 1 atom stereocenters. The summed E-state index contributed by atoms with van der Waals surface area (Å²) in [5.74, 6) is 1.10. The molecular weight excluding hydrogens is 304 g/mol. The zero-order valence-corrected chi connectivity index (χ0v) is 14.1. The highest BCUT2D eigenvalue weighted by Crippen LogP contribution is 2.36. The van der Waals surface area contributed by atoms with Crippen molar-refractivity contribution in [3.63, 3.8) is 0 Å². The summed E-state index contributed by atoms with van der Waals surface area (Å²) in [5, 5.41) is 3.07. The fourth-order valence-electron chi connectivity index (χ4n) is 4.11. The number of hydrogen-bond acceptors (Lipinski definition) is 4. The molecular formula is C18H24N4O2. The first-order valence-electron chi connectivity index (χ1n) is 8.73. The molecule has 1 amide bonds. The Kier molecular flexibility index (Phi) is 3.92. The van der Waals surface area contributed by atoms with Crippen LogP contribution >= 0.6 is 0 Å². The molecule has 0 saturated carbocycles. The lowest BCUT2D eigenvalue weighted by Crippen LogP contribution is -2.53. The Morgan fingerprint density at radius 2 is 2.21 bits per heavy atom. The van der Waals surface area contributed by atoms with E-state index in [0.29, 0.717) is 0 Å². The first kappa shape index (κ1) is 15.4. The van der Waals surface area contributed by atoms with Crippen LogP contribution in [-0.4, -0.2) is 46.6 Å². The smallest absolute Gasteiger partial charge is 0.217 e. The van der Waals surface area contributed by atoms with E-state index in [4.69, 9.17) is 4.74 Å². The van der Waals surface area contributed by atoms with Crippen LogP contribution in [0.1, 0.15) is 32.6 Å². The van der Waals surface area contributed by atoms with Crippen LogP contribution in [0.3, 0.4) is 0 Å². The Bertz CT molecular complexity index is 733. The summed E-state index contributed by atoms with van der Waals surface area (Å²) in [6.07, 6.45) is 9.68. The Balaban J connectivity index is 1.46. The SMILES string of the molecule is CC(=O)NC1CCOC2(CCN(c3nccn4cccc34)CC2)C1. The highest BCUT2D eigenvalue weighted by atomic mass is 16.5. The van der Waals surface area contributed by atoms with Gasteiger partial charge in [-0.15, -0.1) is 0 Å². The number of carbonyl (C=O) groups excluding carboxylic acids is 1. The van der Waals surface area contributed by atoms with Gasteiger partial charge in [-0.25, -0.2) is 4.98 Å². The molecule has 2 aromatic heterocycles. The number of aromatic nitrogens is 2. The van der Waals surface area contributed by atoms with Crippen molar-refractivity contribution in [2.45, 2.75) is 44.2 Å². The van der Waals surface area contributed by atoms with Gasteiger partial charge >= 0.3 is 0 Å². The van der Waals surface area contributed by atoms with E-state index < -0.39 is 0 Å². The normalized spacial score (nSPS) is 23.5. The number of ether oxygens (including phenoxy) is 1. The van der Waals surface area contributed by atoms with Gasteiger partial charge in [-0.1, -0.05) is 0 Å². The minimum Gasteiger partial charge on any atom is -0.375 e. The molecule has 2 fully saturated rings. The van der Waals surface area contributed by atoms with Crippen molar-refractivity contribution < 1.29 is 9.53 Å². The van der Waals surface area contributed by atoms with Crippen LogP contribution in [0.25, 0.3) is 5.52 Å². The number of piperidine rings is 1. The fraction of sp³-hybridized carbons (Fsp3) is 0.556. The maximum absolute atomic E-state index is 11.3. The summed E-state index contributed by atoms with van der Waals surface area (Å²) >= 11 is 0. The van der Waals surface area contributed by atoms with Crippen LogP contribution in [0.5, 0.6) is 0 Å². The number of hydrogen-bond donors (Lipinski definition) is 1. The first-order chi connectivity index (χ1) is 11.7. The van der Waals surface area contributed by atoms with E-state index in [1.165, 1.54) is 0 Å². The van der Waals surface area contributed by atoms with Gasteiger partial charge in [-0.05, 0) is 37.8 Å². The van der Waals surface area contributed by atoms with Gasteiger partial charge in [0.25, 0.3) is 0 Å². The summed E-state index contributed by atoms with van der Waals surface area (Å²) in [6.45, 7) is 4.20. The van der Waals surface area contributed by atoms with Gasteiger partial charge in [-0.2, -0.15) is 0 Å². The number of anilines is 1. The van der Waals surface area contributed by atoms with Crippen molar-refractivity contribution >= 4 is 17.2 Å². The largest absolute Gasteiger partial charge is 0.375 e. The molecule has 2 saturated heterocycles. The molecule has 2 aliphatic heterocycles. The zero-order valence-electron chi connectivity index (χ0n) is 14.1. The molecule has 1 N–H and O–H groups in total. The average molecular weight is 328 g/mol. The Morgan fingerprint density at radius 1 is 1.38 bits per heavy atom. The van der Waals surface area contributed by atoms with Crippen LogP contribution < -0.4 is 10.2 Å². The summed E-state index contributed by atoms with van der Waals surface area (Å²) in [5.41, 5.74) is 1.06. The van der Waals surface area contributed by atoms with Gasteiger partial charge < -0.3 is 19.4 Å². The molecule has 0 aliphatic carbocycles. The van der Waals surface area contributed by atoms with E-state index in [0.717, 1.165) is 56.7 Å². The van der Waals surface area contributed by atoms with Crippen molar-refractivity contribution in [3.05, 3.63) is 30.7 Å². The second kappa shape index (κ2) is 6.09. The maximum atomic E-state index is 11.3. The van der Waals surface area contributed by atoms with Gasteiger partial charge in [0, 0.05) is 51.3 Å². The second-order valence-electron chi connectivity index (χ2n) is 6.96. The summed E-state index contributed by atoms with van der Waals surface area (Å²) < 4.78 is 8.28. The molecule has 1 spiro atoms. The van der Waals surface area contributed by atoms with E-state index in [-0.39, 0.29) is 17.6 Å². The molecule has 128 valence electrons. The van der Waals surface area contributed by atoms with Crippen LogP contribution in [-0.2, 0) is 9.53 Å². The molecule has 6 heteroatoms. The number of carbonyl (C=O) groups is 1. The molecule has 24 heavy (non-hydrogen) atoms. The topological polar surface area (TPSA) is 58.9 Å². The predicted octanol–water partition coefficient (Wildman–Crippen LogP) is 1.99. The minimum absolute atomic E-state index is 0.0543. The molecule has 6 nitrogen and oxygen atoms in total. The van der Waals surface area contributed by atoms with E-state index in [2.05, 4.69) is 25.7 Å². The molecule has 0 aromatic carbocycles. The van der Waals surface area contributed by atoms with Crippen LogP contribution in [0.15, 0.2) is 30.7 Å². The summed E-state index contributed by atoms with van der Waals surface area (Å²) in [6, 6.07) is 4.40. The molecule has 2 aliphatic rings. The number of nitrogens with zero attached hydrogens (tertiary/aromatic N) is 3. The third-order valence-electron chi connectivity index (χ3n) is 5.31. The lowest BCUT2D eigenvalue weighted by Gasteiger charge is -2.46. The highest BCUT2D eigenvalue weighted by Gasteiger charge is 2.40. The quantitative estimate of drug-likeness (QED) is 0.916. The third kappa shape index (κ3) is 2.86. The Labute approximate surface area is 141 Å². The molecule has 4 heterocycles. The van der Waals surface area contributed by atoms with Gasteiger partial charge in [0.1, 0.15) is 0 Å². The molecule has 0 bridgehead atoms. The Morgan fingerprint density at radius 3 is 3.00 bits per heavy atom. The summed E-state index contributed by atoms with van der Waals surface area (Å²) in [4.78, 5) is 18.3. The van der Waals surface area contributed by atoms with Gasteiger partial charge in [0.2, 0.25) is 5.91 Å². The number of amides is 1. The average Bonchev–Trinajstić information content (AvgIpc) is 3.04. The zero-order chi connectivity index (χ0) is 16.6. The number of fused-ring (bicyclic) bond motifs is 1. The van der Waals surface area contributed by atoms with Crippen molar-refractivity contribution in [2.75, 3.05) is 24.6 Å². The Hall–Kier alpha value is -2.08. The fourth-order valence-corrected chi connectivity index (χ4v) is 4.11. The van der Waals surface area contributed by atoms with Crippen molar-refractivity contribution in [3.8, 4) is 0 Å². The van der Waals surface area contributed by atoms with Gasteiger partial charge in [-0.3, -0.25) is 4.79 Å². The van der Waals surface area contributed by atoms with Crippen molar-refractivity contribution in [1.29, 1.82) is 0 Å². The van der Waals surface area contributed by atoms with Crippen molar-refractivity contribution in [2.24, 2.45) is 0 Å².